The highest BCUT2D eigenvalue weighted by molar-refractivity contribution is 5.89. The van der Waals surface area contributed by atoms with Gasteiger partial charge in [0.2, 0.25) is 5.91 Å². The topological polar surface area (TPSA) is 137 Å². The lowest BCUT2D eigenvalue weighted by atomic mass is 10.1. The van der Waals surface area contributed by atoms with Gasteiger partial charge >= 0.3 is 0 Å². The van der Waals surface area contributed by atoms with Crippen molar-refractivity contribution in [3.05, 3.63) is 54.9 Å². The van der Waals surface area contributed by atoms with E-state index < -0.39 is 6.04 Å². The molecule has 2 aromatic carbocycles. The van der Waals surface area contributed by atoms with Gasteiger partial charge in [-0.05, 0) is 56.3 Å². The summed E-state index contributed by atoms with van der Waals surface area (Å²) in [4.78, 5) is 32.9. The van der Waals surface area contributed by atoms with Crippen LogP contribution in [0.4, 0.5) is 22.9 Å². The first-order chi connectivity index (χ1) is 17.0. The zero-order chi connectivity index (χ0) is 24.8. The number of fused-ring (bicyclic) bond motifs is 1. The first-order valence-electron chi connectivity index (χ1n) is 11.3. The average Bonchev–Trinajstić information content (AvgIpc) is 3.31. The molecule has 0 aliphatic carbocycles. The second kappa shape index (κ2) is 10.6. The number of benzene rings is 2. The number of nitrogens with one attached hydrogen (secondary N) is 5. The molecule has 0 spiro atoms. The van der Waals surface area contributed by atoms with Crippen LogP contribution >= 0.6 is 0 Å². The summed E-state index contributed by atoms with van der Waals surface area (Å²) in [5, 5.41) is 20.4. The third-order valence-electron chi connectivity index (χ3n) is 5.32. The molecule has 5 N–H and O–H groups in total. The van der Waals surface area contributed by atoms with Gasteiger partial charge in [-0.15, -0.1) is 0 Å². The number of amides is 1. The van der Waals surface area contributed by atoms with Gasteiger partial charge in [0, 0.05) is 42.3 Å². The largest absolute Gasteiger partial charge is 0.386 e. The Balaban J connectivity index is 1.59. The molecule has 2 aromatic heterocycles. The maximum atomic E-state index is 12.6. The van der Waals surface area contributed by atoms with Gasteiger partial charge in [-0.25, -0.2) is 9.97 Å². The first-order valence-corrected chi connectivity index (χ1v) is 11.3. The molecule has 1 unspecified atom stereocenters. The van der Waals surface area contributed by atoms with Crippen LogP contribution in [0.2, 0.25) is 0 Å². The van der Waals surface area contributed by atoms with Crippen molar-refractivity contribution in [3.8, 4) is 11.4 Å². The molecule has 1 amide bonds. The number of nitrogens with zero attached hydrogens (tertiary/aromatic N) is 3. The van der Waals surface area contributed by atoms with Gasteiger partial charge in [-0.1, -0.05) is 0 Å². The Morgan fingerprint density at radius 2 is 1.97 bits per heavy atom. The van der Waals surface area contributed by atoms with E-state index in [1.54, 1.807) is 25.5 Å². The number of rotatable bonds is 10. The van der Waals surface area contributed by atoms with Gasteiger partial charge in [0.05, 0.1) is 23.1 Å². The number of anilines is 4. The smallest absolute Gasteiger partial charge is 0.243 e. The van der Waals surface area contributed by atoms with E-state index in [9.17, 15) is 9.59 Å². The van der Waals surface area contributed by atoms with Crippen LogP contribution in [0.1, 0.15) is 20.3 Å². The van der Waals surface area contributed by atoms with Crippen LogP contribution < -0.4 is 21.3 Å². The van der Waals surface area contributed by atoms with Crippen molar-refractivity contribution < 1.29 is 9.59 Å². The Labute approximate surface area is 203 Å². The summed E-state index contributed by atoms with van der Waals surface area (Å²) >= 11 is 0. The summed E-state index contributed by atoms with van der Waals surface area (Å²) in [5.74, 6) is 0.917. The lowest BCUT2D eigenvalue weighted by Gasteiger charge is -2.21. The van der Waals surface area contributed by atoms with Crippen molar-refractivity contribution in [2.45, 2.75) is 32.4 Å². The number of carbonyl (C=O) groups is 2. The lowest BCUT2D eigenvalue weighted by Crippen LogP contribution is -2.43. The van der Waals surface area contributed by atoms with Crippen LogP contribution in [0.5, 0.6) is 0 Å². The molecule has 1 atom stereocenters. The van der Waals surface area contributed by atoms with E-state index in [0.717, 1.165) is 34.1 Å². The Hall–Kier alpha value is -4.47. The van der Waals surface area contributed by atoms with Crippen LogP contribution in [0, 0.1) is 0 Å². The molecule has 4 rings (SSSR count). The number of hydrogen-bond acceptors (Lipinski definition) is 8. The number of aromatic nitrogens is 4. The van der Waals surface area contributed by atoms with Crippen LogP contribution in [0.3, 0.4) is 0 Å². The van der Waals surface area contributed by atoms with Crippen molar-refractivity contribution in [1.82, 2.24) is 25.5 Å². The lowest BCUT2D eigenvalue weighted by molar-refractivity contribution is -0.123. The minimum Gasteiger partial charge on any atom is -0.386 e. The third-order valence-corrected chi connectivity index (χ3v) is 5.32. The predicted molar refractivity (Wildman–Crippen MR) is 138 cm³/mol. The van der Waals surface area contributed by atoms with Crippen molar-refractivity contribution in [2.75, 3.05) is 23.0 Å². The summed E-state index contributed by atoms with van der Waals surface area (Å²) < 4.78 is 0. The van der Waals surface area contributed by atoms with Crippen molar-refractivity contribution in [2.24, 2.45) is 0 Å². The van der Waals surface area contributed by atoms with Crippen LogP contribution in [0.15, 0.2) is 54.9 Å². The third kappa shape index (κ3) is 5.72. The second-order valence-electron chi connectivity index (χ2n) is 8.34. The molecule has 10 nitrogen and oxygen atoms in total. The summed E-state index contributed by atoms with van der Waals surface area (Å²) in [6.45, 7) is 3.75. The minimum absolute atomic E-state index is 0.0357. The fraction of sp³-hybridized carbons (Fsp3) is 0.240. The maximum Gasteiger partial charge on any atom is 0.243 e. The van der Waals surface area contributed by atoms with Crippen LogP contribution in [-0.2, 0) is 9.59 Å². The quantitative estimate of drug-likeness (QED) is 0.220. The summed E-state index contributed by atoms with van der Waals surface area (Å²) in [7, 11) is 1.79. The normalized spacial score (nSPS) is 11.8. The minimum atomic E-state index is -0.705. The molecule has 0 saturated carbocycles. The molecule has 0 saturated heterocycles. The number of hydrogen-bond donors (Lipinski definition) is 5. The van der Waals surface area contributed by atoms with Gasteiger partial charge in [0.1, 0.15) is 18.1 Å². The molecular formula is C25H28N8O2. The maximum absolute atomic E-state index is 12.6. The molecular weight excluding hydrogens is 444 g/mol. The highest BCUT2D eigenvalue weighted by Crippen LogP contribution is 2.29. The zero-order valence-corrected chi connectivity index (χ0v) is 19.8. The van der Waals surface area contributed by atoms with E-state index in [0.29, 0.717) is 17.3 Å². The average molecular weight is 473 g/mol. The Morgan fingerprint density at radius 1 is 1.11 bits per heavy atom. The van der Waals surface area contributed by atoms with Gasteiger partial charge in [0.25, 0.3) is 0 Å². The van der Waals surface area contributed by atoms with E-state index in [4.69, 9.17) is 0 Å². The van der Waals surface area contributed by atoms with Gasteiger partial charge in [-0.2, -0.15) is 5.10 Å². The van der Waals surface area contributed by atoms with Gasteiger partial charge in [-0.3, -0.25) is 9.89 Å². The van der Waals surface area contributed by atoms with Gasteiger partial charge < -0.3 is 26.1 Å². The molecule has 0 fully saturated rings. The number of aromatic amines is 1. The number of aldehydes is 1. The number of H-pyrrole nitrogens is 1. The molecule has 0 aliphatic rings. The fourth-order valence-electron chi connectivity index (χ4n) is 3.66. The SMILES string of the molecule is CNc1ccc(-c2nccc(Nc3ccc4[nH]ncc4c3)n2)cc1NC(CC=O)C(=O)NC(C)C. The first kappa shape index (κ1) is 23.7. The highest BCUT2D eigenvalue weighted by Gasteiger charge is 2.20. The standard InChI is InChI=1S/C25H28N8O2/c1-15(2)29-25(35)21(9-11-34)31-22-13-16(4-6-20(22)26-3)24-27-10-8-23(32-24)30-18-5-7-19-17(12-18)14-28-33-19/h4-8,10-15,21,26,31H,9H2,1-3H3,(H,28,33)(H,29,35)(H,27,30,32). The second-order valence-corrected chi connectivity index (χ2v) is 8.34. The Bertz CT molecular complexity index is 1330. The molecule has 0 bridgehead atoms. The predicted octanol–water partition coefficient (Wildman–Crippen LogP) is 3.70. The zero-order valence-electron chi connectivity index (χ0n) is 19.8. The molecule has 10 heteroatoms. The van der Waals surface area contributed by atoms with Gasteiger partial charge in [0.15, 0.2) is 5.82 Å². The molecule has 0 aliphatic heterocycles. The Kier molecular flexibility index (Phi) is 7.20. The molecule has 4 aromatic rings. The number of carbonyl (C=O) groups excluding carboxylic acids is 2. The van der Waals surface area contributed by atoms with Crippen molar-refractivity contribution in [3.63, 3.8) is 0 Å². The monoisotopic (exact) mass is 472 g/mol. The summed E-state index contributed by atoms with van der Waals surface area (Å²) in [6, 6.07) is 12.6. The van der Waals surface area contributed by atoms with E-state index in [-0.39, 0.29) is 18.4 Å². The van der Waals surface area contributed by atoms with E-state index in [1.807, 2.05) is 50.2 Å². The summed E-state index contributed by atoms with van der Waals surface area (Å²) in [5.41, 5.74) is 4.05. The molecule has 180 valence electrons. The van der Waals surface area contributed by atoms with Crippen LogP contribution in [0.25, 0.3) is 22.3 Å². The molecule has 2 heterocycles. The molecule has 0 radical (unpaired) electrons. The van der Waals surface area contributed by atoms with Crippen molar-refractivity contribution in [1.29, 1.82) is 0 Å². The van der Waals surface area contributed by atoms with Crippen LogP contribution in [-0.4, -0.2) is 51.5 Å². The Morgan fingerprint density at radius 3 is 2.74 bits per heavy atom. The van der Waals surface area contributed by atoms with E-state index in [1.165, 1.54) is 0 Å². The summed E-state index contributed by atoms with van der Waals surface area (Å²) in [6.07, 6.45) is 4.23. The molecule has 35 heavy (non-hydrogen) atoms. The van der Waals surface area contributed by atoms with E-state index >= 15 is 0 Å². The fourth-order valence-corrected chi connectivity index (χ4v) is 3.66. The highest BCUT2D eigenvalue weighted by atomic mass is 16.2. The van der Waals surface area contributed by atoms with E-state index in [2.05, 4.69) is 41.4 Å². The van der Waals surface area contributed by atoms with Crippen molar-refractivity contribution >= 4 is 46.0 Å².